The highest BCUT2D eigenvalue weighted by Crippen LogP contribution is 2.23. The lowest BCUT2D eigenvalue weighted by Crippen LogP contribution is -2.02. The van der Waals surface area contributed by atoms with Gasteiger partial charge in [0.25, 0.3) is 0 Å². The van der Waals surface area contributed by atoms with E-state index in [0.717, 1.165) is 5.69 Å². The maximum Gasteiger partial charge on any atom is 0.177 e. The van der Waals surface area contributed by atoms with Crippen molar-refractivity contribution < 1.29 is 9.84 Å². The summed E-state index contributed by atoms with van der Waals surface area (Å²) in [5.41, 5.74) is 1.94. The van der Waals surface area contributed by atoms with Gasteiger partial charge in [-0.15, -0.1) is 5.10 Å². The smallest absolute Gasteiger partial charge is 0.177 e. The molecule has 0 unspecified atom stereocenters. The Labute approximate surface area is 109 Å². The van der Waals surface area contributed by atoms with E-state index in [1.807, 2.05) is 13.0 Å². The van der Waals surface area contributed by atoms with Gasteiger partial charge < -0.3 is 9.84 Å². The Hall–Kier alpha value is -1.50. The summed E-state index contributed by atoms with van der Waals surface area (Å²) in [4.78, 5) is 0. The second-order valence-electron chi connectivity index (χ2n) is 3.75. The number of aryl methyl sites for hydroxylation is 1. The predicted octanol–water partition coefficient (Wildman–Crippen LogP) is 1.26. The molecule has 0 bridgehead atoms. The number of nitrogens with zero attached hydrogens (tertiary/aromatic N) is 4. The third kappa shape index (κ3) is 2.35. The van der Waals surface area contributed by atoms with Gasteiger partial charge in [0.2, 0.25) is 0 Å². The lowest BCUT2D eigenvalue weighted by atomic mass is 10.3. The molecule has 6 nitrogen and oxygen atoms in total. The number of aromatic nitrogens is 4. The number of ether oxygens (including phenoxy) is 1. The first-order chi connectivity index (χ1) is 8.67. The third-order valence-corrected chi connectivity index (χ3v) is 2.83. The molecule has 0 saturated heterocycles. The normalized spacial score (nSPS) is 10.9. The maximum atomic E-state index is 9.30. The molecule has 0 aliphatic rings. The molecular weight excluding hydrogens is 256 g/mol. The molecule has 0 spiro atoms. The highest BCUT2D eigenvalue weighted by Gasteiger charge is 2.17. The summed E-state index contributed by atoms with van der Waals surface area (Å²) < 4.78 is 6.45. The minimum atomic E-state index is -0.198. The fourth-order valence-corrected chi connectivity index (χ4v) is 1.83. The molecule has 0 saturated carbocycles. The monoisotopic (exact) mass is 268 g/mol. The minimum absolute atomic E-state index is 0.198. The van der Waals surface area contributed by atoms with Crippen LogP contribution in [0.5, 0.6) is 0 Å². The molecule has 2 heterocycles. The summed E-state index contributed by atoms with van der Waals surface area (Å²) in [6.07, 6.45) is 0. The van der Waals surface area contributed by atoms with Crippen molar-refractivity contribution in [2.75, 3.05) is 7.11 Å². The molecule has 0 aromatic carbocycles. The number of hydrogen-bond donors (Lipinski definition) is 1. The summed E-state index contributed by atoms with van der Waals surface area (Å²) in [7, 11) is 1.56. The van der Waals surface area contributed by atoms with Crippen LogP contribution in [0.15, 0.2) is 12.1 Å². The SMILES string of the molecule is COCc1nn(-c2ccc(C)nn2)c(Cl)c1CO. The summed E-state index contributed by atoms with van der Waals surface area (Å²) in [6.45, 7) is 1.93. The summed E-state index contributed by atoms with van der Waals surface area (Å²) in [5, 5.41) is 21.8. The molecule has 0 amide bonds. The molecule has 1 N–H and O–H groups in total. The lowest BCUT2D eigenvalue weighted by Gasteiger charge is -2.01. The Kier molecular flexibility index (Phi) is 3.90. The second-order valence-corrected chi connectivity index (χ2v) is 4.11. The Balaban J connectivity index is 2.47. The fraction of sp³-hybridized carbons (Fsp3) is 0.364. The highest BCUT2D eigenvalue weighted by molar-refractivity contribution is 6.30. The van der Waals surface area contributed by atoms with Gasteiger partial charge in [0.1, 0.15) is 5.15 Å². The van der Waals surface area contributed by atoms with Crippen LogP contribution >= 0.6 is 11.6 Å². The van der Waals surface area contributed by atoms with Crippen LogP contribution < -0.4 is 0 Å². The quantitative estimate of drug-likeness (QED) is 0.904. The fourth-order valence-electron chi connectivity index (χ4n) is 1.54. The van der Waals surface area contributed by atoms with E-state index in [1.165, 1.54) is 4.68 Å². The zero-order chi connectivity index (χ0) is 13.1. The van der Waals surface area contributed by atoms with E-state index >= 15 is 0 Å². The van der Waals surface area contributed by atoms with Gasteiger partial charge in [-0.25, -0.2) is 4.68 Å². The van der Waals surface area contributed by atoms with Crippen LogP contribution in [0.1, 0.15) is 17.0 Å². The van der Waals surface area contributed by atoms with E-state index < -0.39 is 0 Å². The number of hydrogen-bond acceptors (Lipinski definition) is 5. The van der Waals surface area contributed by atoms with Gasteiger partial charge in [-0.2, -0.15) is 10.2 Å². The number of aliphatic hydroxyl groups is 1. The van der Waals surface area contributed by atoms with Crippen LogP contribution in [0, 0.1) is 6.92 Å². The standard InChI is InChI=1S/C11H13ClN4O2/c1-7-3-4-10(14-13-7)16-11(12)8(5-17)9(15-16)6-18-2/h3-4,17H,5-6H2,1-2H3. The van der Waals surface area contributed by atoms with Crippen LogP contribution in [0.2, 0.25) is 5.15 Å². The van der Waals surface area contributed by atoms with Gasteiger partial charge in [0.05, 0.1) is 24.6 Å². The van der Waals surface area contributed by atoms with Crippen molar-refractivity contribution in [1.29, 1.82) is 0 Å². The molecule has 2 aromatic rings. The van der Waals surface area contributed by atoms with Crippen molar-refractivity contribution in [2.24, 2.45) is 0 Å². The van der Waals surface area contributed by atoms with E-state index in [9.17, 15) is 5.11 Å². The molecule has 96 valence electrons. The number of methoxy groups -OCH3 is 1. The molecule has 0 atom stereocenters. The maximum absolute atomic E-state index is 9.30. The first-order valence-electron chi connectivity index (χ1n) is 5.34. The largest absolute Gasteiger partial charge is 0.391 e. The van der Waals surface area contributed by atoms with Gasteiger partial charge in [0.15, 0.2) is 5.82 Å². The van der Waals surface area contributed by atoms with E-state index in [0.29, 0.717) is 22.2 Å². The van der Waals surface area contributed by atoms with Gasteiger partial charge in [-0.1, -0.05) is 11.6 Å². The summed E-state index contributed by atoms with van der Waals surface area (Å²) in [5.74, 6) is 0.502. The van der Waals surface area contributed by atoms with Crippen molar-refractivity contribution in [1.82, 2.24) is 20.0 Å². The van der Waals surface area contributed by atoms with Crippen molar-refractivity contribution in [3.8, 4) is 5.82 Å². The third-order valence-electron chi connectivity index (χ3n) is 2.44. The number of halogens is 1. The first-order valence-corrected chi connectivity index (χ1v) is 5.72. The summed E-state index contributed by atoms with van der Waals surface area (Å²) in [6, 6.07) is 3.58. The molecule has 2 aromatic heterocycles. The highest BCUT2D eigenvalue weighted by atomic mass is 35.5. The van der Waals surface area contributed by atoms with Crippen molar-refractivity contribution >= 4 is 11.6 Å². The molecule has 0 aliphatic carbocycles. The van der Waals surface area contributed by atoms with Crippen LogP contribution in [0.25, 0.3) is 5.82 Å². The van der Waals surface area contributed by atoms with E-state index in [1.54, 1.807) is 13.2 Å². The molecule has 2 rings (SSSR count). The average molecular weight is 269 g/mol. The summed E-state index contributed by atoms with van der Waals surface area (Å²) >= 11 is 6.16. The van der Waals surface area contributed by atoms with Crippen LogP contribution in [-0.4, -0.2) is 32.2 Å². The van der Waals surface area contributed by atoms with Crippen LogP contribution in [0.4, 0.5) is 0 Å². The van der Waals surface area contributed by atoms with E-state index in [4.69, 9.17) is 16.3 Å². The molecule has 0 aliphatic heterocycles. The molecule has 0 fully saturated rings. The molecular formula is C11H13ClN4O2. The van der Waals surface area contributed by atoms with Gasteiger partial charge in [0, 0.05) is 12.7 Å². The molecule has 7 heteroatoms. The molecule has 0 radical (unpaired) electrons. The Morgan fingerprint density at radius 2 is 2.17 bits per heavy atom. The van der Waals surface area contributed by atoms with Crippen molar-refractivity contribution in [3.05, 3.63) is 34.2 Å². The second kappa shape index (κ2) is 5.43. The van der Waals surface area contributed by atoms with Crippen LogP contribution in [-0.2, 0) is 18.0 Å². The first kappa shape index (κ1) is 12.9. The zero-order valence-corrected chi connectivity index (χ0v) is 10.8. The molecule has 18 heavy (non-hydrogen) atoms. The van der Waals surface area contributed by atoms with Gasteiger partial charge >= 0.3 is 0 Å². The van der Waals surface area contributed by atoms with Crippen molar-refractivity contribution in [2.45, 2.75) is 20.1 Å². The predicted molar refractivity (Wildman–Crippen MR) is 65.5 cm³/mol. The Morgan fingerprint density at radius 3 is 2.72 bits per heavy atom. The van der Waals surface area contributed by atoms with Gasteiger partial charge in [-0.3, -0.25) is 0 Å². The average Bonchev–Trinajstić information content (AvgIpc) is 2.67. The Morgan fingerprint density at radius 1 is 1.39 bits per heavy atom. The minimum Gasteiger partial charge on any atom is -0.391 e. The van der Waals surface area contributed by atoms with E-state index in [-0.39, 0.29) is 13.2 Å². The topological polar surface area (TPSA) is 73.1 Å². The lowest BCUT2D eigenvalue weighted by molar-refractivity contribution is 0.178. The Bertz CT molecular complexity index is 539. The number of aliphatic hydroxyl groups excluding tert-OH is 1. The van der Waals surface area contributed by atoms with Gasteiger partial charge in [-0.05, 0) is 19.1 Å². The van der Waals surface area contributed by atoms with Crippen LogP contribution in [0.3, 0.4) is 0 Å². The van der Waals surface area contributed by atoms with E-state index in [2.05, 4.69) is 15.3 Å². The zero-order valence-electron chi connectivity index (χ0n) is 10.1. The van der Waals surface area contributed by atoms with Crippen molar-refractivity contribution in [3.63, 3.8) is 0 Å². The number of rotatable bonds is 4.